The van der Waals surface area contributed by atoms with Crippen molar-refractivity contribution in [2.45, 2.75) is 38.1 Å². The van der Waals surface area contributed by atoms with Gasteiger partial charge in [-0.25, -0.2) is 4.98 Å². The van der Waals surface area contributed by atoms with Gasteiger partial charge in [0.2, 0.25) is 0 Å². The van der Waals surface area contributed by atoms with E-state index in [0.717, 1.165) is 28.0 Å². The number of fused-ring (bicyclic) bond motifs is 1. The number of aromatic nitrogens is 3. The van der Waals surface area contributed by atoms with Crippen LogP contribution in [0.5, 0.6) is 5.75 Å². The number of hydrogen-bond donors (Lipinski definition) is 3. The van der Waals surface area contributed by atoms with E-state index in [0.29, 0.717) is 6.04 Å². The lowest BCUT2D eigenvalue weighted by Crippen LogP contribution is -2.22. The molecule has 23 heavy (non-hydrogen) atoms. The van der Waals surface area contributed by atoms with Gasteiger partial charge in [0.1, 0.15) is 17.3 Å². The van der Waals surface area contributed by atoms with Crippen LogP contribution < -0.4 is 5.32 Å². The highest BCUT2D eigenvalue weighted by molar-refractivity contribution is 6.00. The molecule has 0 aliphatic heterocycles. The van der Waals surface area contributed by atoms with E-state index in [1.807, 2.05) is 18.2 Å². The fourth-order valence-electron chi connectivity index (χ4n) is 3.38. The molecule has 1 aromatic carbocycles. The quantitative estimate of drug-likeness (QED) is 0.681. The van der Waals surface area contributed by atoms with Crippen molar-refractivity contribution in [3.05, 3.63) is 36.5 Å². The summed E-state index contributed by atoms with van der Waals surface area (Å²) in [5, 5.41) is 21.9. The lowest BCUT2D eigenvalue weighted by molar-refractivity contribution is 0.462. The van der Waals surface area contributed by atoms with Crippen LogP contribution in [0.15, 0.2) is 36.5 Å². The van der Waals surface area contributed by atoms with Gasteiger partial charge in [-0.1, -0.05) is 31.4 Å². The molecular weight excluding hydrogens is 288 g/mol. The second kappa shape index (κ2) is 5.91. The lowest BCUT2D eigenvalue weighted by Gasteiger charge is -2.23. The van der Waals surface area contributed by atoms with Crippen LogP contribution in [0.25, 0.3) is 22.2 Å². The van der Waals surface area contributed by atoms with Gasteiger partial charge in [-0.2, -0.15) is 5.10 Å². The molecule has 5 nitrogen and oxygen atoms in total. The third kappa shape index (κ3) is 2.74. The molecule has 0 saturated heterocycles. The standard InChI is InChI=1S/C18H20N4O/c23-14-8-4-5-12(11-14)17-16-15(21-22-17)9-10-19-18(16)20-13-6-2-1-3-7-13/h4-5,8-11,13,23H,1-3,6-7H2,(H,19,20)(H,21,22). The normalized spacial score (nSPS) is 15.8. The minimum Gasteiger partial charge on any atom is -0.508 e. The molecule has 0 unspecified atom stereocenters. The Balaban J connectivity index is 1.77. The van der Waals surface area contributed by atoms with Crippen molar-refractivity contribution in [1.29, 1.82) is 0 Å². The van der Waals surface area contributed by atoms with E-state index < -0.39 is 0 Å². The highest BCUT2D eigenvalue weighted by atomic mass is 16.3. The van der Waals surface area contributed by atoms with Crippen LogP contribution in [0.3, 0.4) is 0 Å². The molecule has 4 rings (SSSR count). The van der Waals surface area contributed by atoms with E-state index in [-0.39, 0.29) is 5.75 Å². The third-order valence-electron chi connectivity index (χ3n) is 4.54. The number of aromatic hydroxyl groups is 1. The minimum absolute atomic E-state index is 0.240. The molecule has 1 fully saturated rings. The van der Waals surface area contributed by atoms with Gasteiger partial charge >= 0.3 is 0 Å². The van der Waals surface area contributed by atoms with Gasteiger partial charge in [0.15, 0.2) is 0 Å². The zero-order chi connectivity index (χ0) is 15.6. The van der Waals surface area contributed by atoms with Crippen LogP contribution >= 0.6 is 0 Å². The summed E-state index contributed by atoms with van der Waals surface area (Å²) in [5.41, 5.74) is 2.66. The number of pyridine rings is 1. The van der Waals surface area contributed by atoms with Crippen molar-refractivity contribution in [2.24, 2.45) is 0 Å². The second-order valence-electron chi connectivity index (χ2n) is 6.18. The maximum atomic E-state index is 9.75. The largest absolute Gasteiger partial charge is 0.508 e. The highest BCUT2D eigenvalue weighted by Gasteiger charge is 2.18. The first-order valence-electron chi connectivity index (χ1n) is 8.20. The summed E-state index contributed by atoms with van der Waals surface area (Å²) in [4.78, 5) is 4.55. The molecule has 0 radical (unpaired) electrons. The molecule has 3 aromatic rings. The van der Waals surface area contributed by atoms with E-state index in [9.17, 15) is 5.11 Å². The first-order chi connectivity index (χ1) is 11.3. The Labute approximate surface area is 134 Å². The monoisotopic (exact) mass is 308 g/mol. The number of hydrogen-bond acceptors (Lipinski definition) is 4. The van der Waals surface area contributed by atoms with Crippen molar-refractivity contribution in [3.8, 4) is 17.0 Å². The number of aromatic amines is 1. The van der Waals surface area contributed by atoms with Crippen molar-refractivity contribution < 1.29 is 5.11 Å². The first kappa shape index (κ1) is 14.1. The Kier molecular flexibility index (Phi) is 3.61. The molecule has 5 heteroatoms. The van der Waals surface area contributed by atoms with Crippen molar-refractivity contribution >= 4 is 16.7 Å². The predicted octanol–water partition coefficient (Wildman–Crippen LogP) is 4.08. The van der Waals surface area contributed by atoms with E-state index >= 15 is 0 Å². The van der Waals surface area contributed by atoms with Crippen molar-refractivity contribution in [1.82, 2.24) is 15.2 Å². The topological polar surface area (TPSA) is 73.8 Å². The number of anilines is 1. The SMILES string of the molecule is Oc1cccc(-c2n[nH]c3ccnc(NC4CCCCC4)c23)c1. The molecule has 1 saturated carbocycles. The highest BCUT2D eigenvalue weighted by Crippen LogP contribution is 2.33. The van der Waals surface area contributed by atoms with Gasteiger partial charge in [0.25, 0.3) is 0 Å². The summed E-state index contributed by atoms with van der Waals surface area (Å²) in [7, 11) is 0. The smallest absolute Gasteiger partial charge is 0.137 e. The molecule has 2 aromatic heterocycles. The lowest BCUT2D eigenvalue weighted by atomic mass is 9.95. The number of H-pyrrole nitrogens is 1. The maximum Gasteiger partial charge on any atom is 0.137 e. The summed E-state index contributed by atoms with van der Waals surface area (Å²) in [6.07, 6.45) is 8.07. The van der Waals surface area contributed by atoms with Crippen LogP contribution in [0.1, 0.15) is 32.1 Å². The molecule has 1 aliphatic carbocycles. The Morgan fingerprint density at radius 3 is 2.83 bits per heavy atom. The van der Waals surface area contributed by atoms with Gasteiger partial charge in [0, 0.05) is 17.8 Å². The fraction of sp³-hybridized carbons (Fsp3) is 0.333. The van der Waals surface area contributed by atoms with E-state index in [4.69, 9.17) is 0 Å². The average Bonchev–Trinajstić information content (AvgIpc) is 3.01. The summed E-state index contributed by atoms with van der Waals surface area (Å²) in [5.74, 6) is 1.12. The van der Waals surface area contributed by atoms with Crippen LogP contribution in [-0.4, -0.2) is 26.3 Å². The van der Waals surface area contributed by atoms with Crippen molar-refractivity contribution in [2.75, 3.05) is 5.32 Å². The Bertz CT molecular complexity index is 821. The van der Waals surface area contributed by atoms with Gasteiger partial charge < -0.3 is 10.4 Å². The molecule has 0 spiro atoms. The molecule has 0 atom stereocenters. The van der Waals surface area contributed by atoms with Gasteiger partial charge in [0.05, 0.1) is 10.9 Å². The predicted molar refractivity (Wildman–Crippen MR) is 91.5 cm³/mol. The molecule has 118 valence electrons. The minimum atomic E-state index is 0.240. The van der Waals surface area contributed by atoms with E-state index in [1.165, 1.54) is 32.1 Å². The van der Waals surface area contributed by atoms with Crippen LogP contribution in [0.4, 0.5) is 5.82 Å². The number of benzene rings is 1. The summed E-state index contributed by atoms with van der Waals surface area (Å²) in [6.45, 7) is 0. The third-order valence-corrected chi connectivity index (χ3v) is 4.54. The molecule has 3 N–H and O–H groups in total. The summed E-state index contributed by atoms with van der Waals surface area (Å²) >= 11 is 0. The Hall–Kier alpha value is -2.56. The van der Waals surface area contributed by atoms with Crippen LogP contribution in [-0.2, 0) is 0 Å². The number of phenols is 1. The van der Waals surface area contributed by atoms with E-state index in [1.54, 1.807) is 18.3 Å². The molecule has 0 amide bonds. The summed E-state index contributed by atoms with van der Waals surface area (Å²) < 4.78 is 0. The molecule has 0 bridgehead atoms. The van der Waals surface area contributed by atoms with Crippen LogP contribution in [0.2, 0.25) is 0 Å². The number of nitrogens with zero attached hydrogens (tertiary/aromatic N) is 2. The molecular formula is C18H20N4O. The zero-order valence-electron chi connectivity index (χ0n) is 12.9. The second-order valence-corrected chi connectivity index (χ2v) is 6.18. The Morgan fingerprint density at radius 2 is 2.00 bits per heavy atom. The zero-order valence-corrected chi connectivity index (χ0v) is 12.9. The number of phenolic OH excluding ortho intramolecular Hbond substituents is 1. The Morgan fingerprint density at radius 1 is 1.13 bits per heavy atom. The van der Waals surface area contributed by atoms with Gasteiger partial charge in [-0.05, 0) is 31.0 Å². The van der Waals surface area contributed by atoms with Gasteiger partial charge in [-0.3, -0.25) is 5.10 Å². The van der Waals surface area contributed by atoms with Crippen molar-refractivity contribution in [3.63, 3.8) is 0 Å². The number of rotatable bonds is 3. The first-order valence-corrected chi connectivity index (χ1v) is 8.20. The average molecular weight is 308 g/mol. The molecule has 2 heterocycles. The van der Waals surface area contributed by atoms with Gasteiger partial charge in [-0.15, -0.1) is 0 Å². The fourth-order valence-corrected chi connectivity index (χ4v) is 3.38. The summed E-state index contributed by atoms with van der Waals surface area (Å²) in [6, 6.07) is 9.59. The number of nitrogens with one attached hydrogen (secondary N) is 2. The van der Waals surface area contributed by atoms with Crippen LogP contribution in [0, 0.1) is 0 Å². The molecule has 1 aliphatic rings. The van der Waals surface area contributed by atoms with E-state index in [2.05, 4.69) is 20.5 Å². The maximum absolute atomic E-state index is 9.75.